The van der Waals surface area contributed by atoms with E-state index in [1.807, 2.05) is 0 Å². The van der Waals surface area contributed by atoms with Crippen molar-refractivity contribution in [2.75, 3.05) is 5.32 Å². The number of hydrogen-bond donors (Lipinski definition) is 3. The molecule has 6 heteroatoms. The van der Waals surface area contributed by atoms with E-state index in [0.29, 0.717) is 0 Å². The van der Waals surface area contributed by atoms with Gasteiger partial charge in [0.25, 0.3) is 5.91 Å². The summed E-state index contributed by atoms with van der Waals surface area (Å²) in [7, 11) is 0. The second kappa shape index (κ2) is 5.18. The molecule has 0 aliphatic rings. The van der Waals surface area contributed by atoms with Gasteiger partial charge >= 0.3 is 5.97 Å². The number of aromatic amines is 1. The molecule has 0 saturated heterocycles. The van der Waals surface area contributed by atoms with Crippen molar-refractivity contribution in [2.24, 2.45) is 0 Å². The number of carbonyl (C=O) groups is 2. The molecule has 1 heterocycles. The summed E-state index contributed by atoms with van der Waals surface area (Å²) < 4.78 is 0. The van der Waals surface area contributed by atoms with Gasteiger partial charge in [-0.3, -0.25) is 9.59 Å². The van der Waals surface area contributed by atoms with Crippen LogP contribution in [-0.2, 0) is 0 Å². The van der Waals surface area contributed by atoms with Crippen LogP contribution in [0.5, 0.6) is 0 Å². The number of aromatic nitrogens is 1. The molecule has 3 N–H and O–H groups in total. The lowest BCUT2D eigenvalue weighted by molar-refractivity contribution is 0.0698. The van der Waals surface area contributed by atoms with Gasteiger partial charge in [-0.2, -0.15) is 0 Å². The number of carboxylic acid groups (broad SMARTS) is 1. The molecule has 6 nitrogen and oxygen atoms in total. The monoisotopic (exact) mass is 258 g/mol. The van der Waals surface area contributed by atoms with E-state index < -0.39 is 17.4 Å². The highest BCUT2D eigenvalue weighted by atomic mass is 16.4. The van der Waals surface area contributed by atoms with Crippen LogP contribution in [-0.4, -0.2) is 22.0 Å². The van der Waals surface area contributed by atoms with E-state index in [2.05, 4.69) is 10.3 Å². The fourth-order valence-electron chi connectivity index (χ4n) is 1.55. The van der Waals surface area contributed by atoms with Gasteiger partial charge in [-0.25, -0.2) is 4.79 Å². The first-order valence-corrected chi connectivity index (χ1v) is 5.41. The molecule has 0 aliphatic heterocycles. The maximum Gasteiger partial charge on any atom is 0.337 e. The Labute approximate surface area is 107 Å². The van der Waals surface area contributed by atoms with Crippen LogP contribution < -0.4 is 10.9 Å². The first kappa shape index (κ1) is 12.6. The molecule has 0 bridgehead atoms. The third-order valence-corrected chi connectivity index (χ3v) is 2.42. The quantitative estimate of drug-likeness (QED) is 0.773. The van der Waals surface area contributed by atoms with Crippen LogP contribution in [0.3, 0.4) is 0 Å². The summed E-state index contributed by atoms with van der Waals surface area (Å²) in [6.45, 7) is 0. The predicted molar refractivity (Wildman–Crippen MR) is 68.4 cm³/mol. The highest BCUT2D eigenvalue weighted by Gasteiger charge is 2.13. The first-order valence-electron chi connectivity index (χ1n) is 5.41. The van der Waals surface area contributed by atoms with Gasteiger partial charge in [0.2, 0.25) is 5.56 Å². The summed E-state index contributed by atoms with van der Waals surface area (Å²) in [5.41, 5.74) is -0.189. The zero-order chi connectivity index (χ0) is 13.8. The Balaban J connectivity index is 2.29. The number of aromatic carboxylic acids is 1. The number of anilines is 1. The van der Waals surface area contributed by atoms with Crippen LogP contribution in [0.1, 0.15) is 20.8 Å². The van der Waals surface area contributed by atoms with E-state index in [-0.39, 0.29) is 16.9 Å². The summed E-state index contributed by atoms with van der Waals surface area (Å²) in [4.78, 5) is 36.3. The molecule has 0 radical (unpaired) electrons. The van der Waals surface area contributed by atoms with Crippen molar-refractivity contribution >= 4 is 17.6 Å². The van der Waals surface area contributed by atoms with Crippen LogP contribution in [0.15, 0.2) is 47.3 Å². The number of carbonyl (C=O) groups excluding carboxylic acids is 1. The Morgan fingerprint density at radius 3 is 2.47 bits per heavy atom. The lowest BCUT2D eigenvalue weighted by Gasteiger charge is -2.07. The van der Waals surface area contributed by atoms with Gasteiger partial charge in [-0.1, -0.05) is 18.2 Å². The topological polar surface area (TPSA) is 99.3 Å². The van der Waals surface area contributed by atoms with Crippen LogP contribution in [0.25, 0.3) is 0 Å². The molecule has 1 amide bonds. The molecule has 19 heavy (non-hydrogen) atoms. The van der Waals surface area contributed by atoms with E-state index in [9.17, 15) is 14.4 Å². The van der Waals surface area contributed by atoms with Crippen molar-refractivity contribution in [2.45, 2.75) is 0 Å². The molecule has 0 fully saturated rings. The average molecular weight is 258 g/mol. The number of H-pyrrole nitrogens is 1. The van der Waals surface area contributed by atoms with Crippen LogP contribution in [0, 0.1) is 0 Å². The Morgan fingerprint density at radius 2 is 1.79 bits per heavy atom. The van der Waals surface area contributed by atoms with E-state index in [0.717, 1.165) is 0 Å². The molecular formula is C13H10N2O4. The number of hydrogen-bond acceptors (Lipinski definition) is 3. The van der Waals surface area contributed by atoms with E-state index in [1.54, 1.807) is 12.1 Å². The van der Waals surface area contributed by atoms with E-state index >= 15 is 0 Å². The summed E-state index contributed by atoms with van der Waals surface area (Å²) in [6, 6.07) is 10.2. The second-order valence-corrected chi connectivity index (χ2v) is 3.73. The number of benzene rings is 1. The number of rotatable bonds is 3. The SMILES string of the molecule is O=C(Nc1ccccc1C(=O)O)c1cccc(=O)[nH]1. The fraction of sp³-hybridized carbons (Fsp3) is 0. The van der Waals surface area contributed by atoms with Crippen LogP contribution >= 0.6 is 0 Å². The number of nitrogens with one attached hydrogen (secondary N) is 2. The van der Waals surface area contributed by atoms with Crippen molar-refractivity contribution in [1.82, 2.24) is 4.98 Å². The van der Waals surface area contributed by atoms with Gasteiger partial charge in [0, 0.05) is 6.07 Å². The molecule has 2 aromatic rings. The molecular weight excluding hydrogens is 248 g/mol. The van der Waals surface area contributed by atoms with Gasteiger partial charge in [-0.15, -0.1) is 0 Å². The molecule has 1 aromatic heterocycles. The van der Waals surface area contributed by atoms with Crippen molar-refractivity contribution in [3.8, 4) is 0 Å². The summed E-state index contributed by atoms with van der Waals surface area (Å²) in [5, 5.41) is 11.4. The predicted octanol–water partition coefficient (Wildman–Crippen LogP) is 1.33. The molecule has 0 atom stereocenters. The van der Waals surface area contributed by atoms with E-state index in [1.165, 1.54) is 30.3 Å². The minimum Gasteiger partial charge on any atom is -0.478 e. The largest absolute Gasteiger partial charge is 0.478 e. The normalized spacial score (nSPS) is 9.89. The van der Waals surface area contributed by atoms with Crippen molar-refractivity contribution in [3.63, 3.8) is 0 Å². The summed E-state index contributed by atoms with van der Waals surface area (Å²) >= 11 is 0. The van der Waals surface area contributed by atoms with Gasteiger partial charge in [0.1, 0.15) is 5.69 Å². The lowest BCUT2D eigenvalue weighted by atomic mass is 10.1. The Kier molecular flexibility index (Phi) is 3.42. The van der Waals surface area contributed by atoms with Crippen molar-refractivity contribution in [1.29, 1.82) is 0 Å². The zero-order valence-corrected chi connectivity index (χ0v) is 9.71. The average Bonchev–Trinajstić information content (AvgIpc) is 2.39. The molecule has 0 spiro atoms. The zero-order valence-electron chi connectivity index (χ0n) is 9.71. The summed E-state index contributed by atoms with van der Waals surface area (Å²) in [5.74, 6) is -1.72. The Bertz CT molecular complexity index is 691. The van der Waals surface area contributed by atoms with Crippen molar-refractivity contribution in [3.05, 3.63) is 64.1 Å². The van der Waals surface area contributed by atoms with Gasteiger partial charge in [-0.05, 0) is 18.2 Å². The maximum atomic E-state index is 11.9. The number of pyridine rings is 1. The van der Waals surface area contributed by atoms with Crippen molar-refractivity contribution < 1.29 is 14.7 Å². The van der Waals surface area contributed by atoms with Crippen LogP contribution in [0.4, 0.5) is 5.69 Å². The fourth-order valence-corrected chi connectivity index (χ4v) is 1.55. The smallest absolute Gasteiger partial charge is 0.337 e. The molecule has 0 unspecified atom stereocenters. The second-order valence-electron chi connectivity index (χ2n) is 3.73. The maximum absolute atomic E-state index is 11.9. The third-order valence-electron chi connectivity index (χ3n) is 2.42. The van der Waals surface area contributed by atoms with E-state index in [4.69, 9.17) is 5.11 Å². The number of carboxylic acids is 1. The standard InChI is InChI=1S/C13H10N2O4/c16-11-7-3-6-10(14-11)12(17)15-9-5-2-1-4-8(9)13(18)19/h1-7H,(H,14,16)(H,15,17)(H,18,19). The minimum absolute atomic E-state index is 0.0193. The lowest BCUT2D eigenvalue weighted by Crippen LogP contribution is -2.19. The third kappa shape index (κ3) is 2.86. The molecule has 0 saturated carbocycles. The van der Waals surface area contributed by atoms with Gasteiger partial charge < -0.3 is 15.4 Å². The Hall–Kier alpha value is -2.89. The Morgan fingerprint density at radius 1 is 1.05 bits per heavy atom. The minimum atomic E-state index is -1.14. The number of amides is 1. The van der Waals surface area contributed by atoms with Gasteiger partial charge in [0.15, 0.2) is 0 Å². The van der Waals surface area contributed by atoms with Crippen LogP contribution in [0.2, 0.25) is 0 Å². The highest BCUT2D eigenvalue weighted by molar-refractivity contribution is 6.06. The molecule has 96 valence electrons. The molecule has 2 rings (SSSR count). The highest BCUT2D eigenvalue weighted by Crippen LogP contribution is 2.15. The number of para-hydroxylation sites is 1. The van der Waals surface area contributed by atoms with Gasteiger partial charge in [0.05, 0.1) is 11.3 Å². The molecule has 1 aromatic carbocycles. The first-order chi connectivity index (χ1) is 9.08. The summed E-state index contributed by atoms with van der Waals surface area (Å²) in [6.07, 6.45) is 0. The molecule has 0 aliphatic carbocycles.